The van der Waals surface area contributed by atoms with Gasteiger partial charge in [-0.2, -0.15) is 15.2 Å². The quantitative estimate of drug-likeness (QED) is 0.571. The minimum Gasteiger partial charge on any atom is -0.323 e. The summed E-state index contributed by atoms with van der Waals surface area (Å²) in [4.78, 5) is 1.24. The lowest BCUT2D eigenvalue weighted by atomic mass is 10.2. The Labute approximate surface area is 68.8 Å². The van der Waals surface area contributed by atoms with Crippen LogP contribution in [0.1, 0.15) is 5.56 Å². The Morgan fingerprint density at radius 3 is 3.08 bits per heavy atom. The molecule has 0 atom stereocenters. The number of aromatic nitrogens is 2. The van der Waals surface area contributed by atoms with Crippen LogP contribution in [0.2, 0.25) is 0 Å². The van der Waals surface area contributed by atoms with E-state index in [0.29, 0.717) is 5.56 Å². The molecule has 2 aromatic rings. The van der Waals surface area contributed by atoms with E-state index in [1.807, 2.05) is 0 Å². The number of rotatable bonds is 0. The maximum Gasteiger partial charge on any atom is 0.0991 e. The van der Waals surface area contributed by atoms with E-state index in [0.717, 1.165) is 10.9 Å². The monoisotopic (exact) mass is 158 g/mol. The zero-order valence-corrected chi connectivity index (χ0v) is 6.23. The summed E-state index contributed by atoms with van der Waals surface area (Å²) in [6.45, 7) is 0. The first kappa shape index (κ1) is 6.68. The molecule has 0 radical (unpaired) electrons. The highest BCUT2D eigenvalue weighted by Gasteiger charge is 1.98. The number of hydrogen-bond donors (Lipinski definition) is 1. The molecule has 1 aromatic heterocycles. The number of hydrogen-bond acceptors (Lipinski definition) is 3. The lowest BCUT2D eigenvalue weighted by molar-refractivity contribution is 0.846. The summed E-state index contributed by atoms with van der Waals surface area (Å²) in [5.41, 5.74) is 1.42. The zero-order valence-electron chi connectivity index (χ0n) is 6.23. The van der Waals surface area contributed by atoms with Crippen molar-refractivity contribution in [2.45, 2.75) is 0 Å². The van der Waals surface area contributed by atoms with Crippen molar-refractivity contribution in [3.8, 4) is 6.07 Å². The van der Waals surface area contributed by atoms with Gasteiger partial charge in [-0.1, -0.05) is 0 Å². The molecule has 0 unspecified atom stereocenters. The molecule has 0 saturated carbocycles. The average Bonchev–Trinajstić information content (AvgIpc) is 2.43. The summed E-state index contributed by atoms with van der Waals surface area (Å²) in [5, 5.41) is 13.5. The van der Waals surface area contributed by atoms with E-state index < -0.39 is 0 Å². The molecule has 0 amide bonds. The van der Waals surface area contributed by atoms with Crippen molar-refractivity contribution in [1.29, 1.82) is 5.26 Å². The number of nitrogen functional groups attached to an aromatic ring is 1. The van der Waals surface area contributed by atoms with Crippen LogP contribution < -0.4 is 5.84 Å². The molecular formula is C8H6N4. The van der Waals surface area contributed by atoms with Crippen molar-refractivity contribution in [3.63, 3.8) is 0 Å². The SMILES string of the molecule is N#Cc1ccc2nn(N)cc2c1. The molecule has 0 aliphatic rings. The Hall–Kier alpha value is -2.02. The van der Waals surface area contributed by atoms with Crippen LogP contribution in [0.3, 0.4) is 0 Å². The number of nitriles is 1. The van der Waals surface area contributed by atoms with Gasteiger partial charge in [0.15, 0.2) is 0 Å². The van der Waals surface area contributed by atoms with Gasteiger partial charge in [0.1, 0.15) is 0 Å². The molecule has 58 valence electrons. The highest BCUT2D eigenvalue weighted by molar-refractivity contribution is 5.79. The van der Waals surface area contributed by atoms with Gasteiger partial charge in [-0.3, -0.25) is 0 Å². The topological polar surface area (TPSA) is 67.6 Å². The highest BCUT2D eigenvalue weighted by atomic mass is 15.5. The molecule has 4 nitrogen and oxygen atoms in total. The van der Waals surface area contributed by atoms with Gasteiger partial charge in [0, 0.05) is 5.39 Å². The van der Waals surface area contributed by atoms with Crippen LogP contribution in [0.15, 0.2) is 24.4 Å². The largest absolute Gasteiger partial charge is 0.323 e. The summed E-state index contributed by atoms with van der Waals surface area (Å²) < 4.78 is 0. The summed E-state index contributed by atoms with van der Waals surface area (Å²) in [7, 11) is 0. The van der Waals surface area contributed by atoms with Crippen LogP contribution in [-0.4, -0.2) is 9.89 Å². The standard InChI is InChI=1S/C8H6N4/c9-4-6-1-2-8-7(3-6)5-12(10)11-8/h1-3,5H,10H2. The highest BCUT2D eigenvalue weighted by Crippen LogP contribution is 2.12. The summed E-state index contributed by atoms with van der Waals surface area (Å²) in [6.07, 6.45) is 1.68. The number of nitrogens with two attached hydrogens (primary N) is 1. The van der Waals surface area contributed by atoms with Gasteiger partial charge in [0.05, 0.1) is 23.3 Å². The van der Waals surface area contributed by atoms with Gasteiger partial charge >= 0.3 is 0 Å². The molecule has 0 fully saturated rings. The van der Waals surface area contributed by atoms with Gasteiger partial charge in [-0.05, 0) is 18.2 Å². The zero-order chi connectivity index (χ0) is 8.55. The van der Waals surface area contributed by atoms with Crippen molar-refractivity contribution < 1.29 is 0 Å². The lowest BCUT2D eigenvalue weighted by Crippen LogP contribution is -2.07. The Bertz CT molecular complexity index is 463. The van der Waals surface area contributed by atoms with Crippen molar-refractivity contribution in [3.05, 3.63) is 30.0 Å². The minimum atomic E-state index is 0.621. The van der Waals surface area contributed by atoms with Crippen LogP contribution in [0.25, 0.3) is 10.9 Å². The average molecular weight is 158 g/mol. The molecule has 2 rings (SSSR count). The molecule has 2 N–H and O–H groups in total. The third-order valence-corrected chi connectivity index (χ3v) is 1.65. The number of nitrogens with zero attached hydrogens (tertiary/aromatic N) is 3. The predicted octanol–water partition coefficient (Wildman–Crippen LogP) is 0.622. The Balaban J connectivity index is 2.77. The van der Waals surface area contributed by atoms with E-state index in [1.54, 1.807) is 24.4 Å². The van der Waals surface area contributed by atoms with Crippen molar-refractivity contribution in [1.82, 2.24) is 9.89 Å². The van der Waals surface area contributed by atoms with Gasteiger partial charge in [0.25, 0.3) is 0 Å². The van der Waals surface area contributed by atoms with E-state index in [9.17, 15) is 0 Å². The van der Waals surface area contributed by atoms with Gasteiger partial charge in [0.2, 0.25) is 0 Å². The molecule has 0 spiro atoms. The van der Waals surface area contributed by atoms with Crippen LogP contribution in [0.5, 0.6) is 0 Å². The smallest absolute Gasteiger partial charge is 0.0991 e. The molecule has 4 heteroatoms. The fourth-order valence-electron chi connectivity index (χ4n) is 1.11. The first-order chi connectivity index (χ1) is 5.79. The molecule has 12 heavy (non-hydrogen) atoms. The van der Waals surface area contributed by atoms with Crippen LogP contribution in [0.4, 0.5) is 0 Å². The predicted molar refractivity (Wildman–Crippen MR) is 44.6 cm³/mol. The summed E-state index contributed by atoms with van der Waals surface area (Å²) >= 11 is 0. The molecule has 1 aromatic carbocycles. The van der Waals surface area contributed by atoms with Crippen molar-refractivity contribution >= 4 is 10.9 Å². The molecular weight excluding hydrogens is 152 g/mol. The molecule has 0 aliphatic carbocycles. The second-order valence-electron chi connectivity index (χ2n) is 2.49. The van der Waals surface area contributed by atoms with Crippen LogP contribution in [0, 0.1) is 11.3 Å². The maximum atomic E-state index is 8.60. The Morgan fingerprint density at radius 2 is 2.33 bits per heavy atom. The van der Waals surface area contributed by atoms with E-state index in [2.05, 4.69) is 11.2 Å². The summed E-state index contributed by atoms with van der Waals surface area (Å²) in [6, 6.07) is 7.30. The maximum absolute atomic E-state index is 8.60. The van der Waals surface area contributed by atoms with E-state index in [-0.39, 0.29) is 0 Å². The van der Waals surface area contributed by atoms with Crippen molar-refractivity contribution in [2.75, 3.05) is 5.84 Å². The molecule has 0 bridgehead atoms. The normalized spacial score (nSPS) is 9.92. The summed E-state index contributed by atoms with van der Waals surface area (Å²) in [5.74, 6) is 5.40. The second kappa shape index (κ2) is 2.24. The fraction of sp³-hybridized carbons (Fsp3) is 0. The van der Waals surface area contributed by atoms with E-state index >= 15 is 0 Å². The van der Waals surface area contributed by atoms with E-state index in [1.165, 1.54) is 4.79 Å². The molecule has 0 saturated heterocycles. The van der Waals surface area contributed by atoms with Gasteiger partial charge in [-0.15, -0.1) is 0 Å². The van der Waals surface area contributed by atoms with Crippen LogP contribution in [-0.2, 0) is 0 Å². The second-order valence-corrected chi connectivity index (χ2v) is 2.49. The van der Waals surface area contributed by atoms with Gasteiger partial charge < -0.3 is 5.84 Å². The van der Waals surface area contributed by atoms with Crippen molar-refractivity contribution in [2.24, 2.45) is 0 Å². The lowest BCUT2D eigenvalue weighted by Gasteiger charge is -1.86. The molecule has 1 heterocycles. The number of benzene rings is 1. The third-order valence-electron chi connectivity index (χ3n) is 1.65. The fourth-order valence-corrected chi connectivity index (χ4v) is 1.11. The molecule has 0 aliphatic heterocycles. The first-order valence-corrected chi connectivity index (χ1v) is 3.44. The Kier molecular flexibility index (Phi) is 1.25. The van der Waals surface area contributed by atoms with E-state index in [4.69, 9.17) is 11.1 Å². The Morgan fingerprint density at radius 1 is 1.50 bits per heavy atom. The third kappa shape index (κ3) is 0.883. The van der Waals surface area contributed by atoms with Crippen LogP contribution >= 0.6 is 0 Å². The minimum absolute atomic E-state index is 0.621. The first-order valence-electron chi connectivity index (χ1n) is 3.44. The number of fused-ring (bicyclic) bond motifs is 1. The van der Waals surface area contributed by atoms with Gasteiger partial charge in [-0.25, -0.2) is 0 Å².